The molecule has 1 aromatic carbocycles. The number of hydrogen-bond donors (Lipinski definition) is 3. The number of pyridine rings is 1. The molecule has 4 aromatic rings. The van der Waals surface area contributed by atoms with Crippen molar-refractivity contribution in [3.05, 3.63) is 46.7 Å². The maximum atomic E-state index is 13.3. The van der Waals surface area contributed by atoms with Crippen molar-refractivity contribution in [1.29, 1.82) is 0 Å². The van der Waals surface area contributed by atoms with E-state index in [9.17, 15) is 13.2 Å². The standard InChI is InChI=1S/C28H36N8O4S2/c1-16(2)36-17(3)12-35(13-18(36)4)14-26-31-25(15-41-26)27(37)32-22-7-19(8-23-21(22)11-30-33-23)20-9-24(34-42(6,38)39)28(40-5)29-10-20/h7-11,15-18,34H,12-14H2,1-6H3,(H,30,33)(H,32,37)/t17-,18+. The first kappa shape index (κ1) is 29.9. The molecule has 1 saturated heterocycles. The quantitative estimate of drug-likeness (QED) is 0.255. The van der Waals surface area contributed by atoms with Gasteiger partial charge in [-0.15, -0.1) is 11.3 Å². The first-order chi connectivity index (χ1) is 19.9. The largest absolute Gasteiger partial charge is 0.480 e. The number of carbonyl (C=O) groups excluding carboxylic acids is 1. The van der Waals surface area contributed by atoms with Gasteiger partial charge >= 0.3 is 0 Å². The van der Waals surface area contributed by atoms with Crippen LogP contribution >= 0.6 is 11.3 Å². The zero-order chi connectivity index (χ0) is 30.2. The van der Waals surface area contributed by atoms with E-state index in [0.717, 1.165) is 29.7 Å². The van der Waals surface area contributed by atoms with Gasteiger partial charge in [-0.1, -0.05) is 0 Å². The van der Waals surface area contributed by atoms with Crippen LogP contribution in [0.15, 0.2) is 36.0 Å². The molecule has 3 aromatic heterocycles. The van der Waals surface area contributed by atoms with Crippen molar-refractivity contribution in [2.45, 2.75) is 52.4 Å². The summed E-state index contributed by atoms with van der Waals surface area (Å²) in [5, 5.41) is 13.5. The van der Waals surface area contributed by atoms with Crippen molar-refractivity contribution in [3.63, 3.8) is 0 Å². The molecule has 2 atom stereocenters. The summed E-state index contributed by atoms with van der Waals surface area (Å²) in [6.45, 7) is 11.6. The highest BCUT2D eigenvalue weighted by Gasteiger charge is 2.31. The third-order valence-electron chi connectivity index (χ3n) is 7.28. The van der Waals surface area contributed by atoms with Gasteiger partial charge in [-0.2, -0.15) is 5.10 Å². The highest BCUT2D eigenvalue weighted by Crippen LogP contribution is 2.34. The van der Waals surface area contributed by atoms with Gasteiger partial charge < -0.3 is 10.1 Å². The third-order valence-corrected chi connectivity index (χ3v) is 8.71. The number of aromatic amines is 1. The number of aromatic nitrogens is 4. The number of benzene rings is 1. The molecule has 14 heteroatoms. The number of rotatable bonds is 9. The Balaban J connectivity index is 1.35. The van der Waals surface area contributed by atoms with Crippen molar-refractivity contribution in [1.82, 2.24) is 30.0 Å². The highest BCUT2D eigenvalue weighted by molar-refractivity contribution is 7.92. The number of nitrogens with one attached hydrogen (secondary N) is 3. The molecule has 1 aliphatic rings. The molecule has 1 aliphatic heterocycles. The van der Waals surface area contributed by atoms with Gasteiger partial charge in [0.05, 0.1) is 37.3 Å². The second-order valence-electron chi connectivity index (χ2n) is 11.0. The number of nitrogens with zero attached hydrogens (tertiary/aromatic N) is 5. The van der Waals surface area contributed by atoms with Crippen LogP contribution in [0.4, 0.5) is 11.4 Å². The third kappa shape index (κ3) is 6.56. The van der Waals surface area contributed by atoms with Crippen LogP contribution in [0.1, 0.15) is 43.2 Å². The maximum absolute atomic E-state index is 13.3. The van der Waals surface area contributed by atoms with E-state index in [1.165, 1.54) is 18.4 Å². The Morgan fingerprint density at radius 2 is 1.86 bits per heavy atom. The molecular formula is C28H36N8O4S2. The molecule has 0 spiro atoms. The van der Waals surface area contributed by atoms with Crippen LogP contribution in [0.3, 0.4) is 0 Å². The SMILES string of the molecule is COc1ncc(-c2cc(NC(=O)c3csc(CN4C[C@@H](C)N(C(C)C)[C@@H](C)C4)n3)c3cn[nH]c3c2)cc1NS(C)(=O)=O. The van der Waals surface area contributed by atoms with Crippen molar-refractivity contribution < 1.29 is 17.9 Å². The zero-order valence-electron chi connectivity index (χ0n) is 24.5. The summed E-state index contributed by atoms with van der Waals surface area (Å²) in [4.78, 5) is 27.2. The van der Waals surface area contributed by atoms with Gasteiger partial charge in [0.2, 0.25) is 15.9 Å². The first-order valence-electron chi connectivity index (χ1n) is 13.7. The van der Waals surface area contributed by atoms with E-state index in [0.29, 0.717) is 52.7 Å². The van der Waals surface area contributed by atoms with Crippen LogP contribution in [0, 0.1) is 0 Å². The smallest absolute Gasteiger partial charge is 0.275 e. The number of thiazole rings is 1. The predicted octanol–water partition coefficient (Wildman–Crippen LogP) is 4.02. The minimum absolute atomic E-state index is 0.144. The zero-order valence-corrected chi connectivity index (χ0v) is 26.1. The van der Waals surface area contributed by atoms with Crippen LogP contribution in [-0.2, 0) is 16.6 Å². The fourth-order valence-electron chi connectivity index (χ4n) is 5.82. The Kier molecular flexibility index (Phi) is 8.51. The molecule has 0 bridgehead atoms. The van der Waals surface area contributed by atoms with E-state index >= 15 is 0 Å². The monoisotopic (exact) mass is 612 g/mol. The number of amides is 1. The van der Waals surface area contributed by atoms with Crippen molar-refractivity contribution in [2.24, 2.45) is 0 Å². The minimum Gasteiger partial charge on any atom is -0.480 e. The average Bonchev–Trinajstić information content (AvgIpc) is 3.57. The Labute approximate surface area is 249 Å². The second kappa shape index (κ2) is 12.0. The number of ether oxygens (including phenoxy) is 1. The average molecular weight is 613 g/mol. The highest BCUT2D eigenvalue weighted by atomic mass is 32.2. The molecule has 3 N–H and O–H groups in total. The molecule has 1 amide bonds. The summed E-state index contributed by atoms with van der Waals surface area (Å²) < 4.78 is 31.4. The topological polar surface area (TPSA) is 145 Å². The number of piperazine rings is 1. The summed E-state index contributed by atoms with van der Waals surface area (Å²) in [5.41, 5.74) is 3.10. The number of sulfonamides is 1. The second-order valence-corrected chi connectivity index (χ2v) is 13.7. The van der Waals surface area contributed by atoms with Gasteiger partial charge in [0, 0.05) is 53.7 Å². The van der Waals surface area contributed by atoms with Crippen molar-refractivity contribution in [3.8, 4) is 17.0 Å². The van der Waals surface area contributed by atoms with Gasteiger partial charge in [0.1, 0.15) is 16.4 Å². The van der Waals surface area contributed by atoms with Crippen LogP contribution < -0.4 is 14.8 Å². The molecule has 4 heterocycles. The molecular weight excluding hydrogens is 576 g/mol. The van der Waals surface area contributed by atoms with Crippen molar-refractivity contribution in [2.75, 3.05) is 36.5 Å². The number of methoxy groups -OCH3 is 1. The van der Waals surface area contributed by atoms with Gasteiger partial charge in [-0.05, 0) is 51.5 Å². The lowest BCUT2D eigenvalue weighted by Gasteiger charge is -2.46. The van der Waals surface area contributed by atoms with Crippen LogP contribution in [0.5, 0.6) is 5.88 Å². The number of hydrogen-bond acceptors (Lipinski definition) is 10. The summed E-state index contributed by atoms with van der Waals surface area (Å²) >= 11 is 1.48. The lowest BCUT2D eigenvalue weighted by molar-refractivity contribution is 0.0132. The van der Waals surface area contributed by atoms with E-state index in [4.69, 9.17) is 4.74 Å². The number of carbonyl (C=O) groups is 1. The summed E-state index contributed by atoms with van der Waals surface area (Å²) in [7, 11) is -2.15. The normalized spacial score (nSPS) is 18.5. The fourth-order valence-corrected chi connectivity index (χ4v) is 7.19. The summed E-state index contributed by atoms with van der Waals surface area (Å²) in [5.74, 6) is -0.179. The molecule has 5 rings (SSSR count). The maximum Gasteiger partial charge on any atom is 0.275 e. The Bertz CT molecular complexity index is 1690. The molecule has 12 nitrogen and oxygen atoms in total. The van der Waals surface area contributed by atoms with Crippen LogP contribution in [0.25, 0.3) is 22.0 Å². The van der Waals surface area contributed by atoms with Crippen LogP contribution in [0.2, 0.25) is 0 Å². The molecule has 0 unspecified atom stereocenters. The minimum atomic E-state index is -3.56. The molecule has 42 heavy (non-hydrogen) atoms. The van der Waals surface area contributed by atoms with Gasteiger partial charge in [-0.3, -0.25) is 24.4 Å². The van der Waals surface area contributed by atoms with E-state index in [1.54, 1.807) is 29.9 Å². The van der Waals surface area contributed by atoms with E-state index in [-0.39, 0.29) is 17.5 Å². The van der Waals surface area contributed by atoms with E-state index < -0.39 is 10.0 Å². The lowest BCUT2D eigenvalue weighted by atomic mass is 10.0. The van der Waals surface area contributed by atoms with Gasteiger partial charge in [0.15, 0.2) is 0 Å². The molecule has 0 aliphatic carbocycles. The van der Waals surface area contributed by atoms with E-state index in [2.05, 4.69) is 67.7 Å². The Morgan fingerprint density at radius 1 is 1.14 bits per heavy atom. The van der Waals surface area contributed by atoms with E-state index in [1.807, 2.05) is 6.07 Å². The first-order valence-corrected chi connectivity index (χ1v) is 16.4. The predicted molar refractivity (Wildman–Crippen MR) is 166 cm³/mol. The molecule has 224 valence electrons. The fraction of sp³-hybridized carbons (Fsp3) is 0.429. The van der Waals surface area contributed by atoms with Gasteiger partial charge in [0.25, 0.3) is 5.91 Å². The Hall–Kier alpha value is -3.59. The van der Waals surface area contributed by atoms with Gasteiger partial charge in [-0.25, -0.2) is 18.4 Å². The number of anilines is 2. The molecule has 0 radical (unpaired) electrons. The summed E-state index contributed by atoms with van der Waals surface area (Å²) in [6.07, 6.45) is 4.27. The summed E-state index contributed by atoms with van der Waals surface area (Å²) in [6, 6.07) is 6.67. The van der Waals surface area contributed by atoms with Crippen molar-refractivity contribution >= 4 is 49.5 Å². The lowest BCUT2D eigenvalue weighted by Crippen LogP contribution is -2.58. The Morgan fingerprint density at radius 3 is 2.52 bits per heavy atom. The number of H-pyrrole nitrogens is 1. The number of fused-ring (bicyclic) bond motifs is 1. The van der Waals surface area contributed by atoms with Crippen LogP contribution in [-0.4, -0.2) is 88.9 Å². The molecule has 0 saturated carbocycles. The molecule has 1 fully saturated rings.